The van der Waals surface area contributed by atoms with Gasteiger partial charge in [-0.05, 0) is 31.5 Å². The van der Waals surface area contributed by atoms with Crippen molar-refractivity contribution >= 4 is 15.9 Å². The van der Waals surface area contributed by atoms with Crippen molar-refractivity contribution in [1.29, 1.82) is 0 Å². The third-order valence-electron chi connectivity index (χ3n) is 3.89. The zero-order chi connectivity index (χ0) is 13.7. The van der Waals surface area contributed by atoms with Gasteiger partial charge in [-0.1, -0.05) is 34.1 Å². The third-order valence-corrected chi connectivity index (χ3v) is 4.67. The zero-order valence-corrected chi connectivity index (χ0v) is 13.0. The minimum absolute atomic E-state index is 0.00819. The van der Waals surface area contributed by atoms with Gasteiger partial charge in [0.25, 0.3) is 0 Å². The zero-order valence-electron chi connectivity index (χ0n) is 11.4. The highest BCUT2D eigenvalue weighted by atomic mass is 79.9. The minimum atomic E-state index is 0.00819. The Labute approximate surface area is 123 Å². The van der Waals surface area contributed by atoms with Crippen LogP contribution in [0.1, 0.15) is 18.4 Å². The number of nitrogens with zero attached hydrogens (tertiary/aromatic N) is 1. The van der Waals surface area contributed by atoms with Crippen molar-refractivity contribution in [3.05, 3.63) is 34.3 Å². The molecule has 1 heterocycles. The summed E-state index contributed by atoms with van der Waals surface area (Å²) in [5.41, 5.74) is 1.29. The molecule has 4 heteroatoms. The average Bonchev–Trinajstić information content (AvgIpc) is 2.42. The highest BCUT2D eigenvalue weighted by Gasteiger charge is 2.33. The first-order valence-corrected chi connectivity index (χ1v) is 7.55. The van der Waals surface area contributed by atoms with Crippen LogP contribution in [0.15, 0.2) is 28.7 Å². The van der Waals surface area contributed by atoms with Gasteiger partial charge in [-0.15, -0.1) is 0 Å². The molecule has 1 aromatic carbocycles. The highest BCUT2D eigenvalue weighted by Crippen LogP contribution is 2.31. The maximum absolute atomic E-state index is 9.72. The van der Waals surface area contributed by atoms with E-state index < -0.39 is 0 Å². The molecule has 0 spiro atoms. The smallest absolute Gasteiger partial charge is 0.0501 e. The maximum Gasteiger partial charge on any atom is 0.0501 e. The van der Waals surface area contributed by atoms with E-state index in [0.29, 0.717) is 0 Å². The van der Waals surface area contributed by atoms with E-state index in [4.69, 9.17) is 4.74 Å². The molecular formula is C15H22BrNO2. The molecule has 0 amide bonds. The van der Waals surface area contributed by atoms with E-state index in [1.807, 2.05) is 6.07 Å². The van der Waals surface area contributed by atoms with Crippen molar-refractivity contribution in [2.75, 3.05) is 33.4 Å². The Morgan fingerprint density at radius 3 is 2.63 bits per heavy atom. The summed E-state index contributed by atoms with van der Waals surface area (Å²) in [5, 5.41) is 9.72. The summed E-state index contributed by atoms with van der Waals surface area (Å²) in [6, 6.07) is 8.29. The first-order valence-electron chi connectivity index (χ1n) is 6.76. The van der Waals surface area contributed by atoms with Gasteiger partial charge >= 0.3 is 0 Å². The molecule has 1 aromatic rings. The fourth-order valence-corrected chi connectivity index (χ4v) is 3.13. The van der Waals surface area contributed by atoms with Gasteiger partial charge in [0.2, 0.25) is 0 Å². The van der Waals surface area contributed by atoms with Gasteiger partial charge in [-0.2, -0.15) is 0 Å². The van der Waals surface area contributed by atoms with Crippen molar-refractivity contribution in [2.45, 2.75) is 19.4 Å². The summed E-state index contributed by atoms with van der Waals surface area (Å²) in [5.74, 6) is 0. The molecule has 0 bridgehead atoms. The summed E-state index contributed by atoms with van der Waals surface area (Å²) in [6.07, 6.45) is 1.90. The molecule has 0 aliphatic carbocycles. The van der Waals surface area contributed by atoms with Gasteiger partial charge < -0.3 is 14.7 Å². The Kier molecular flexibility index (Phi) is 5.39. The molecule has 0 aromatic heterocycles. The summed E-state index contributed by atoms with van der Waals surface area (Å²) in [4.78, 5) is 2.29. The lowest BCUT2D eigenvalue weighted by molar-refractivity contribution is -0.0318. The van der Waals surface area contributed by atoms with Crippen LogP contribution < -0.4 is 0 Å². The monoisotopic (exact) mass is 327 g/mol. The number of hydrogen-bond acceptors (Lipinski definition) is 3. The highest BCUT2D eigenvalue weighted by molar-refractivity contribution is 9.10. The van der Waals surface area contributed by atoms with Crippen molar-refractivity contribution in [3.63, 3.8) is 0 Å². The molecular weight excluding hydrogens is 306 g/mol. The van der Waals surface area contributed by atoms with Crippen LogP contribution >= 0.6 is 15.9 Å². The number of rotatable bonds is 5. The Hall–Kier alpha value is -0.420. The standard InChI is InChI=1S/C15H22BrNO2/c1-17(10-13-4-2-3-5-14(13)16)11-15(12-18)6-8-19-9-7-15/h2-5,18H,6-12H2,1H3. The topological polar surface area (TPSA) is 32.7 Å². The van der Waals surface area contributed by atoms with E-state index in [2.05, 4.69) is 46.1 Å². The number of aliphatic hydroxyl groups excluding tert-OH is 1. The lowest BCUT2D eigenvalue weighted by Gasteiger charge is -2.38. The van der Waals surface area contributed by atoms with Gasteiger partial charge in [0.1, 0.15) is 0 Å². The molecule has 2 rings (SSSR count). The lowest BCUT2D eigenvalue weighted by Crippen LogP contribution is -2.42. The Bertz CT molecular complexity index is 405. The molecule has 1 fully saturated rings. The van der Waals surface area contributed by atoms with Gasteiger partial charge in [-0.3, -0.25) is 0 Å². The van der Waals surface area contributed by atoms with Crippen molar-refractivity contribution < 1.29 is 9.84 Å². The fourth-order valence-electron chi connectivity index (χ4n) is 2.72. The van der Waals surface area contributed by atoms with Crippen LogP contribution in [0.2, 0.25) is 0 Å². The first kappa shape index (κ1) is 15.0. The molecule has 1 saturated heterocycles. The van der Waals surface area contributed by atoms with Crippen LogP contribution in [0, 0.1) is 5.41 Å². The quantitative estimate of drug-likeness (QED) is 0.902. The average molecular weight is 328 g/mol. The van der Waals surface area contributed by atoms with Crippen LogP contribution in [0.25, 0.3) is 0 Å². The van der Waals surface area contributed by atoms with Gasteiger partial charge in [-0.25, -0.2) is 0 Å². The first-order chi connectivity index (χ1) is 9.15. The van der Waals surface area contributed by atoms with Crippen LogP contribution in [-0.4, -0.2) is 43.4 Å². The number of aliphatic hydroxyl groups is 1. The van der Waals surface area contributed by atoms with Crippen LogP contribution in [0.4, 0.5) is 0 Å². The summed E-state index contributed by atoms with van der Waals surface area (Å²) in [6.45, 7) is 3.59. The van der Waals surface area contributed by atoms with E-state index in [1.165, 1.54) is 5.56 Å². The summed E-state index contributed by atoms with van der Waals surface area (Å²) in [7, 11) is 2.12. The largest absolute Gasteiger partial charge is 0.396 e. The predicted octanol–water partition coefficient (Wildman–Crippen LogP) is 2.67. The molecule has 0 unspecified atom stereocenters. The van der Waals surface area contributed by atoms with Crippen molar-refractivity contribution in [1.82, 2.24) is 4.90 Å². The Balaban J connectivity index is 1.96. The Morgan fingerprint density at radius 2 is 2.00 bits per heavy atom. The lowest BCUT2D eigenvalue weighted by atomic mass is 9.80. The SMILES string of the molecule is CN(Cc1ccccc1Br)CC1(CO)CCOCC1. The molecule has 3 nitrogen and oxygen atoms in total. The number of hydrogen-bond donors (Lipinski definition) is 1. The van der Waals surface area contributed by atoms with Crippen LogP contribution in [-0.2, 0) is 11.3 Å². The number of benzene rings is 1. The fraction of sp³-hybridized carbons (Fsp3) is 0.600. The molecule has 0 radical (unpaired) electrons. The van der Waals surface area contributed by atoms with E-state index in [9.17, 15) is 5.11 Å². The Morgan fingerprint density at radius 1 is 1.32 bits per heavy atom. The summed E-state index contributed by atoms with van der Waals surface area (Å²) < 4.78 is 6.55. The molecule has 1 aliphatic rings. The third kappa shape index (κ3) is 4.02. The van der Waals surface area contributed by atoms with Crippen molar-refractivity contribution in [2.24, 2.45) is 5.41 Å². The molecule has 106 valence electrons. The number of ether oxygens (including phenoxy) is 1. The van der Waals surface area contributed by atoms with E-state index in [1.54, 1.807) is 0 Å². The minimum Gasteiger partial charge on any atom is -0.396 e. The van der Waals surface area contributed by atoms with E-state index in [0.717, 1.165) is 43.6 Å². The van der Waals surface area contributed by atoms with Gasteiger partial charge in [0.15, 0.2) is 0 Å². The second-order valence-electron chi connectivity index (χ2n) is 5.53. The van der Waals surface area contributed by atoms with Crippen LogP contribution in [0.5, 0.6) is 0 Å². The van der Waals surface area contributed by atoms with Crippen LogP contribution in [0.3, 0.4) is 0 Å². The van der Waals surface area contributed by atoms with Gasteiger partial charge in [0.05, 0.1) is 6.61 Å². The van der Waals surface area contributed by atoms with Crippen molar-refractivity contribution in [3.8, 4) is 0 Å². The second kappa shape index (κ2) is 6.84. The van der Waals surface area contributed by atoms with E-state index >= 15 is 0 Å². The number of halogens is 1. The van der Waals surface area contributed by atoms with E-state index in [-0.39, 0.29) is 12.0 Å². The normalized spacial score (nSPS) is 18.7. The molecule has 0 saturated carbocycles. The predicted molar refractivity (Wildman–Crippen MR) is 80.0 cm³/mol. The second-order valence-corrected chi connectivity index (χ2v) is 6.39. The molecule has 19 heavy (non-hydrogen) atoms. The maximum atomic E-state index is 9.72. The molecule has 1 aliphatic heterocycles. The molecule has 0 atom stereocenters. The molecule has 1 N–H and O–H groups in total. The van der Waals surface area contributed by atoms with Gasteiger partial charge in [0, 0.05) is 36.2 Å². The summed E-state index contributed by atoms with van der Waals surface area (Å²) >= 11 is 3.58.